The molecule has 5 nitrogen and oxygen atoms in total. The summed E-state index contributed by atoms with van der Waals surface area (Å²) in [5.74, 6) is -0.549. The normalized spacial score (nSPS) is 14.9. The van der Waals surface area contributed by atoms with Gasteiger partial charge in [0.15, 0.2) is 0 Å². The van der Waals surface area contributed by atoms with Gasteiger partial charge in [0.2, 0.25) is 0 Å². The second-order valence-corrected chi connectivity index (χ2v) is 6.21. The largest absolute Gasteiger partial charge is 0.459 e. The van der Waals surface area contributed by atoms with Crippen molar-refractivity contribution in [2.75, 3.05) is 0 Å². The number of esters is 1. The number of carbonyl (C=O) groups is 1. The summed E-state index contributed by atoms with van der Waals surface area (Å²) in [6.07, 6.45) is 1.43. The summed E-state index contributed by atoms with van der Waals surface area (Å²) in [5, 5.41) is -0.884. The molecule has 0 aliphatic carbocycles. The van der Waals surface area contributed by atoms with Crippen molar-refractivity contribution < 1.29 is 22.5 Å². The first-order chi connectivity index (χ1) is 8.18. The van der Waals surface area contributed by atoms with Crippen LogP contribution in [0.2, 0.25) is 0 Å². The van der Waals surface area contributed by atoms with Gasteiger partial charge in [0.05, 0.1) is 5.25 Å². The van der Waals surface area contributed by atoms with E-state index in [1.807, 2.05) is 6.92 Å². The first-order valence-electron chi connectivity index (χ1n) is 6.01. The van der Waals surface area contributed by atoms with Crippen LogP contribution in [0.3, 0.4) is 0 Å². The first kappa shape index (κ1) is 17.1. The van der Waals surface area contributed by atoms with Crippen LogP contribution in [0.1, 0.15) is 46.5 Å². The number of hydrogen-bond acceptors (Lipinski definition) is 4. The van der Waals surface area contributed by atoms with E-state index < -0.39 is 27.4 Å². The Hall–Kier alpha value is -0.880. The molecular weight excluding hydrogens is 256 g/mol. The molecular formula is C12H22O5S. The van der Waals surface area contributed by atoms with Gasteiger partial charge >= 0.3 is 5.97 Å². The third-order valence-electron chi connectivity index (χ3n) is 2.55. The van der Waals surface area contributed by atoms with E-state index in [2.05, 4.69) is 6.58 Å². The van der Waals surface area contributed by atoms with Crippen LogP contribution in [0.15, 0.2) is 12.2 Å². The second kappa shape index (κ2) is 7.53. The molecule has 0 aliphatic rings. The Morgan fingerprint density at radius 3 is 2.39 bits per heavy atom. The van der Waals surface area contributed by atoms with E-state index >= 15 is 0 Å². The van der Waals surface area contributed by atoms with E-state index in [0.717, 1.165) is 6.42 Å². The van der Waals surface area contributed by atoms with Crippen LogP contribution in [0, 0.1) is 0 Å². The maximum absolute atomic E-state index is 11.3. The van der Waals surface area contributed by atoms with Gasteiger partial charge in [0, 0.05) is 12.0 Å². The summed E-state index contributed by atoms with van der Waals surface area (Å²) < 4.78 is 36.5. The van der Waals surface area contributed by atoms with Crippen molar-refractivity contribution in [2.24, 2.45) is 0 Å². The fourth-order valence-corrected chi connectivity index (χ4v) is 2.50. The predicted molar refractivity (Wildman–Crippen MR) is 69.8 cm³/mol. The smallest absolute Gasteiger partial charge is 0.333 e. The molecule has 2 unspecified atom stereocenters. The van der Waals surface area contributed by atoms with Crippen molar-refractivity contribution in [2.45, 2.75) is 57.8 Å². The van der Waals surface area contributed by atoms with Gasteiger partial charge in [-0.05, 0) is 20.3 Å². The maximum atomic E-state index is 11.3. The Labute approximate surface area is 109 Å². The van der Waals surface area contributed by atoms with Gasteiger partial charge in [-0.15, -0.1) is 0 Å². The molecule has 106 valence electrons. The molecule has 6 heteroatoms. The average Bonchev–Trinajstić information content (AvgIpc) is 2.22. The highest BCUT2D eigenvalue weighted by Gasteiger charge is 2.26. The van der Waals surface area contributed by atoms with Crippen molar-refractivity contribution in [3.63, 3.8) is 0 Å². The van der Waals surface area contributed by atoms with Crippen molar-refractivity contribution in [3.8, 4) is 0 Å². The highest BCUT2D eigenvalue weighted by molar-refractivity contribution is 7.86. The van der Waals surface area contributed by atoms with Crippen LogP contribution in [-0.2, 0) is 19.6 Å². The minimum atomic E-state index is -4.10. The Morgan fingerprint density at radius 2 is 2.00 bits per heavy atom. The van der Waals surface area contributed by atoms with Crippen LogP contribution in [0.25, 0.3) is 0 Å². The van der Waals surface area contributed by atoms with E-state index in [1.54, 1.807) is 6.92 Å². The van der Waals surface area contributed by atoms with Crippen LogP contribution < -0.4 is 0 Å². The van der Waals surface area contributed by atoms with Gasteiger partial charge in [-0.3, -0.25) is 4.55 Å². The van der Waals surface area contributed by atoms with Crippen molar-refractivity contribution >= 4 is 16.1 Å². The zero-order valence-electron chi connectivity index (χ0n) is 11.2. The average molecular weight is 278 g/mol. The standard InChI is InChI=1S/C12H22O5S/c1-5-6-7-11(18(14,15)16)8-10(4)17-12(13)9(2)3/h10-11H,2,5-8H2,1,3-4H3,(H,14,15,16). The van der Waals surface area contributed by atoms with Gasteiger partial charge in [-0.2, -0.15) is 8.42 Å². The molecule has 0 bridgehead atoms. The molecule has 0 aliphatic heterocycles. The Morgan fingerprint density at radius 1 is 1.44 bits per heavy atom. The number of unbranched alkanes of at least 4 members (excludes halogenated alkanes) is 1. The molecule has 0 aromatic rings. The lowest BCUT2D eigenvalue weighted by Crippen LogP contribution is -2.27. The monoisotopic (exact) mass is 278 g/mol. The van der Waals surface area contributed by atoms with Crippen LogP contribution >= 0.6 is 0 Å². The fraction of sp³-hybridized carbons (Fsp3) is 0.750. The maximum Gasteiger partial charge on any atom is 0.333 e. The van der Waals surface area contributed by atoms with Gasteiger partial charge in [0.25, 0.3) is 10.1 Å². The van der Waals surface area contributed by atoms with Crippen LogP contribution in [0.4, 0.5) is 0 Å². The lowest BCUT2D eigenvalue weighted by atomic mass is 10.1. The summed E-state index contributed by atoms with van der Waals surface area (Å²) in [6.45, 7) is 8.50. The molecule has 0 heterocycles. The predicted octanol–water partition coefficient (Wildman–Crippen LogP) is 2.33. The zero-order chi connectivity index (χ0) is 14.3. The molecule has 0 saturated heterocycles. The topological polar surface area (TPSA) is 80.7 Å². The van der Waals surface area contributed by atoms with Gasteiger partial charge in [0.1, 0.15) is 6.10 Å². The highest BCUT2D eigenvalue weighted by Crippen LogP contribution is 2.17. The summed E-state index contributed by atoms with van der Waals surface area (Å²) in [4.78, 5) is 11.3. The molecule has 18 heavy (non-hydrogen) atoms. The Balaban J connectivity index is 4.49. The summed E-state index contributed by atoms with van der Waals surface area (Å²) in [7, 11) is -4.10. The Kier molecular flexibility index (Phi) is 7.16. The van der Waals surface area contributed by atoms with E-state index in [-0.39, 0.29) is 12.0 Å². The summed E-state index contributed by atoms with van der Waals surface area (Å²) >= 11 is 0. The van der Waals surface area contributed by atoms with Crippen molar-refractivity contribution in [1.29, 1.82) is 0 Å². The SMILES string of the molecule is C=C(C)C(=O)OC(C)CC(CCCC)S(=O)(=O)O. The number of carbonyl (C=O) groups excluding carboxylic acids is 1. The van der Waals surface area contributed by atoms with Crippen molar-refractivity contribution in [1.82, 2.24) is 0 Å². The molecule has 0 saturated carbocycles. The molecule has 0 spiro atoms. The van der Waals surface area contributed by atoms with Gasteiger partial charge in [-0.1, -0.05) is 26.3 Å². The van der Waals surface area contributed by atoms with E-state index in [0.29, 0.717) is 12.8 Å². The minimum absolute atomic E-state index is 0.0951. The molecule has 1 N–H and O–H groups in total. The van der Waals surface area contributed by atoms with E-state index in [1.165, 1.54) is 6.92 Å². The molecule has 0 amide bonds. The minimum Gasteiger partial charge on any atom is -0.459 e. The van der Waals surface area contributed by atoms with Gasteiger partial charge in [-0.25, -0.2) is 4.79 Å². The molecule has 2 atom stereocenters. The van der Waals surface area contributed by atoms with E-state index in [9.17, 15) is 13.2 Å². The Bertz CT molecular complexity index is 385. The molecule has 0 fully saturated rings. The van der Waals surface area contributed by atoms with Gasteiger partial charge < -0.3 is 4.74 Å². The molecule has 0 aromatic carbocycles. The molecule has 0 rings (SSSR count). The number of hydrogen-bond donors (Lipinski definition) is 1. The quantitative estimate of drug-likeness (QED) is 0.418. The zero-order valence-corrected chi connectivity index (χ0v) is 12.0. The first-order valence-corrected chi connectivity index (χ1v) is 7.51. The number of ether oxygens (including phenoxy) is 1. The lowest BCUT2D eigenvalue weighted by molar-refractivity contribution is -0.143. The van der Waals surface area contributed by atoms with Crippen LogP contribution in [0.5, 0.6) is 0 Å². The lowest BCUT2D eigenvalue weighted by Gasteiger charge is -2.19. The summed E-state index contributed by atoms with van der Waals surface area (Å²) in [6, 6.07) is 0. The second-order valence-electron chi connectivity index (χ2n) is 4.51. The van der Waals surface area contributed by atoms with Crippen molar-refractivity contribution in [3.05, 3.63) is 12.2 Å². The molecule has 0 radical (unpaired) electrons. The summed E-state index contributed by atoms with van der Waals surface area (Å²) in [5.41, 5.74) is 0.263. The van der Waals surface area contributed by atoms with Crippen LogP contribution in [-0.4, -0.2) is 30.3 Å². The fourth-order valence-electron chi connectivity index (χ4n) is 1.52. The molecule has 0 aromatic heterocycles. The third kappa shape index (κ3) is 6.76. The highest BCUT2D eigenvalue weighted by atomic mass is 32.2. The van der Waals surface area contributed by atoms with E-state index in [4.69, 9.17) is 9.29 Å². The third-order valence-corrected chi connectivity index (χ3v) is 3.82. The number of rotatable bonds is 8.